The first-order valence-corrected chi connectivity index (χ1v) is 10.8. The van der Waals surface area contributed by atoms with Gasteiger partial charge in [0.1, 0.15) is 11.6 Å². The molecule has 6 nitrogen and oxygen atoms in total. The Kier molecular flexibility index (Phi) is 4.90. The molecule has 5 rings (SSSR count). The Morgan fingerprint density at radius 1 is 1.06 bits per heavy atom. The Hall–Kier alpha value is -3.32. The van der Waals surface area contributed by atoms with Crippen molar-refractivity contribution in [3.63, 3.8) is 0 Å². The molecule has 31 heavy (non-hydrogen) atoms. The number of carbonyl (C=O) groups is 1. The van der Waals surface area contributed by atoms with Gasteiger partial charge in [-0.3, -0.25) is 4.79 Å². The number of hydrogen-bond donors (Lipinski definition) is 0. The van der Waals surface area contributed by atoms with Gasteiger partial charge in [0.2, 0.25) is 0 Å². The number of hydrogen-bond acceptors (Lipinski definition) is 3. The molecule has 3 heterocycles. The van der Waals surface area contributed by atoms with Crippen LogP contribution in [0.15, 0.2) is 71.5 Å². The maximum absolute atomic E-state index is 13.3. The number of aromatic nitrogens is 3. The molecular formula is C24H21BrN4O2. The zero-order valence-electron chi connectivity index (χ0n) is 17.2. The molecule has 7 heteroatoms. The lowest BCUT2D eigenvalue weighted by atomic mass is 10.2. The summed E-state index contributed by atoms with van der Waals surface area (Å²) in [5, 5.41) is 4.91. The number of ether oxygens (including phenoxy) is 1. The highest BCUT2D eigenvalue weighted by Gasteiger charge is 2.32. The van der Waals surface area contributed by atoms with Gasteiger partial charge in [0.05, 0.1) is 37.1 Å². The van der Waals surface area contributed by atoms with Crippen molar-refractivity contribution in [1.29, 1.82) is 0 Å². The third kappa shape index (κ3) is 3.45. The summed E-state index contributed by atoms with van der Waals surface area (Å²) in [5.41, 5.74) is 4.74. The topological polar surface area (TPSA) is 52.3 Å². The first-order valence-electron chi connectivity index (χ1n) is 9.99. The van der Waals surface area contributed by atoms with Crippen LogP contribution in [-0.4, -0.2) is 32.3 Å². The summed E-state index contributed by atoms with van der Waals surface area (Å²) in [6, 6.07) is 17.7. The molecule has 0 aliphatic carbocycles. The van der Waals surface area contributed by atoms with E-state index in [0.717, 1.165) is 27.2 Å². The number of aryl methyl sites for hydroxylation is 1. The molecule has 156 valence electrons. The van der Waals surface area contributed by atoms with E-state index in [2.05, 4.69) is 45.6 Å². The van der Waals surface area contributed by atoms with Gasteiger partial charge in [-0.25, -0.2) is 4.68 Å². The molecule has 0 radical (unpaired) electrons. The minimum Gasteiger partial charge on any atom is -0.497 e. The van der Waals surface area contributed by atoms with Crippen LogP contribution in [0.1, 0.15) is 27.2 Å². The molecule has 0 saturated carbocycles. The van der Waals surface area contributed by atoms with E-state index in [9.17, 15) is 4.79 Å². The molecule has 0 fully saturated rings. The van der Waals surface area contributed by atoms with Crippen molar-refractivity contribution in [3.8, 4) is 17.3 Å². The Balaban J connectivity index is 1.54. The lowest BCUT2D eigenvalue weighted by molar-refractivity contribution is 0.0748. The quantitative estimate of drug-likeness (QED) is 0.420. The molecule has 1 aliphatic rings. The number of carbonyl (C=O) groups excluding carboxylic acids is 1. The molecule has 2 aromatic heterocycles. The largest absolute Gasteiger partial charge is 0.497 e. The first-order chi connectivity index (χ1) is 15.0. The van der Waals surface area contributed by atoms with Gasteiger partial charge in [0.15, 0.2) is 0 Å². The minimum absolute atomic E-state index is 0.0515. The van der Waals surface area contributed by atoms with Crippen molar-refractivity contribution in [2.45, 2.75) is 20.0 Å². The van der Waals surface area contributed by atoms with Gasteiger partial charge in [0.25, 0.3) is 5.91 Å². The first kappa shape index (κ1) is 19.6. The van der Waals surface area contributed by atoms with Crippen molar-refractivity contribution < 1.29 is 9.53 Å². The zero-order chi connectivity index (χ0) is 21.5. The fourth-order valence-electron chi connectivity index (χ4n) is 3.99. The van der Waals surface area contributed by atoms with Crippen molar-refractivity contribution in [2.24, 2.45) is 0 Å². The van der Waals surface area contributed by atoms with Crippen LogP contribution in [0.5, 0.6) is 5.75 Å². The van der Waals surface area contributed by atoms with Gasteiger partial charge in [-0.2, -0.15) is 5.10 Å². The predicted octanol–water partition coefficient (Wildman–Crippen LogP) is 4.90. The average Bonchev–Trinajstić information content (AvgIpc) is 3.49. The number of benzene rings is 2. The van der Waals surface area contributed by atoms with Crippen LogP contribution in [0.25, 0.3) is 11.5 Å². The van der Waals surface area contributed by atoms with Crippen molar-refractivity contribution in [1.82, 2.24) is 19.2 Å². The summed E-state index contributed by atoms with van der Waals surface area (Å²) < 4.78 is 10.1. The van der Waals surface area contributed by atoms with Crippen LogP contribution in [0.3, 0.4) is 0 Å². The highest BCUT2D eigenvalue weighted by molar-refractivity contribution is 9.10. The molecular weight excluding hydrogens is 456 g/mol. The Morgan fingerprint density at radius 3 is 2.61 bits per heavy atom. The van der Waals surface area contributed by atoms with Crippen LogP contribution in [0.4, 0.5) is 0 Å². The number of halogens is 1. The Morgan fingerprint density at radius 2 is 1.87 bits per heavy atom. The molecule has 2 aromatic carbocycles. The lowest BCUT2D eigenvalue weighted by Gasteiger charge is -2.19. The van der Waals surface area contributed by atoms with E-state index >= 15 is 0 Å². The molecule has 0 atom stereocenters. The van der Waals surface area contributed by atoms with Crippen LogP contribution in [0, 0.1) is 6.92 Å². The number of rotatable bonds is 4. The van der Waals surface area contributed by atoms with Gasteiger partial charge in [-0.1, -0.05) is 12.1 Å². The fraction of sp³-hybridized carbons (Fsp3) is 0.167. The molecule has 0 unspecified atom stereocenters. The second kappa shape index (κ2) is 7.74. The maximum atomic E-state index is 13.3. The SMILES string of the molecule is COc1ccc(Br)c(C(=O)N2Cc3nn(-c4cccc(C)c4)c(-n4cccc4)c3C2)c1. The van der Waals surface area contributed by atoms with E-state index in [1.807, 2.05) is 52.3 Å². The second-order valence-corrected chi connectivity index (χ2v) is 8.45. The van der Waals surface area contributed by atoms with E-state index in [4.69, 9.17) is 9.84 Å². The molecule has 1 aliphatic heterocycles. The van der Waals surface area contributed by atoms with Crippen LogP contribution < -0.4 is 4.74 Å². The molecule has 0 spiro atoms. The summed E-state index contributed by atoms with van der Waals surface area (Å²) in [5.74, 6) is 1.57. The molecule has 4 aromatic rings. The molecule has 0 saturated heterocycles. The van der Waals surface area contributed by atoms with E-state index in [-0.39, 0.29) is 5.91 Å². The molecule has 0 N–H and O–H groups in total. The summed E-state index contributed by atoms with van der Waals surface area (Å²) in [6.45, 7) is 3.03. The number of amides is 1. The van der Waals surface area contributed by atoms with Gasteiger partial charge in [0, 0.05) is 22.4 Å². The van der Waals surface area contributed by atoms with E-state index in [1.54, 1.807) is 13.2 Å². The van der Waals surface area contributed by atoms with Gasteiger partial charge in [-0.05, 0) is 70.9 Å². The fourth-order valence-corrected chi connectivity index (χ4v) is 4.41. The summed E-state index contributed by atoms with van der Waals surface area (Å²) in [4.78, 5) is 15.1. The highest BCUT2D eigenvalue weighted by atomic mass is 79.9. The van der Waals surface area contributed by atoms with Crippen LogP contribution in [0.2, 0.25) is 0 Å². The number of fused-ring (bicyclic) bond motifs is 1. The Bertz CT molecular complexity index is 1280. The highest BCUT2D eigenvalue weighted by Crippen LogP contribution is 2.33. The van der Waals surface area contributed by atoms with Crippen molar-refractivity contribution >= 4 is 21.8 Å². The smallest absolute Gasteiger partial charge is 0.255 e. The van der Waals surface area contributed by atoms with Crippen LogP contribution >= 0.6 is 15.9 Å². The van der Waals surface area contributed by atoms with E-state index in [1.165, 1.54) is 5.56 Å². The van der Waals surface area contributed by atoms with Gasteiger partial charge in [-0.15, -0.1) is 0 Å². The standard InChI is InChI=1S/C24H21BrN4O2/c1-16-6-5-7-17(12-16)29-23(27-10-3-4-11-27)20-14-28(15-22(20)26-29)24(30)19-13-18(31-2)8-9-21(19)25/h3-13H,14-15H2,1-2H3. The monoisotopic (exact) mass is 476 g/mol. The van der Waals surface area contributed by atoms with Crippen molar-refractivity contribution in [2.75, 3.05) is 7.11 Å². The molecule has 0 bridgehead atoms. The number of nitrogens with zero attached hydrogens (tertiary/aromatic N) is 4. The normalized spacial score (nSPS) is 12.8. The van der Waals surface area contributed by atoms with Gasteiger partial charge < -0.3 is 14.2 Å². The maximum Gasteiger partial charge on any atom is 0.255 e. The van der Waals surface area contributed by atoms with E-state index < -0.39 is 0 Å². The minimum atomic E-state index is -0.0515. The third-order valence-electron chi connectivity index (χ3n) is 5.52. The summed E-state index contributed by atoms with van der Waals surface area (Å²) in [6.07, 6.45) is 4.01. The number of methoxy groups -OCH3 is 1. The van der Waals surface area contributed by atoms with Gasteiger partial charge >= 0.3 is 0 Å². The summed E-state index contributed by atoms with van der Waals surface area (Å²) >= 11 is 3.50. The second-order valence-electron chi connectivity index (χ2n) is 7.60. The lowest BCUT2D eigenvalue weighted by Crippen LogP contribution is -2.26. The predicted molar refractivity (Wildman–Crippen MR) is 122 cm³/mol. The van der Waals surface area contributed by atoms with Crippen molar-refractivity contribution in [3.05, 3.63) is 93.8 Å². The average molecular weight is 477 g/mol. The van der Waals surface area contributed by atoms with E-state index in [0.29, 0.717) is 24.4 Å². The Labute approximate surface area is 188 Å². The summed E-state index contributed by atoms with van der Waals surface area (Å²) in [7, 11) is 1.60. The third-order valence-corrected chi connectivity index (χ3v) is 6.21. The zero-order valence-corrected chi connectivity index (χ0v) is 18.8. The van der Waals surface area contributed by atoms with Crippen LogP contribution in [-0.2, 0) is 13.1 Å². The molecule has 1 amide bonds.